The molecule has 0 radical (unpaired) electrons. The monoisotopic (exact) mass is 731 g/mol. The predicted octanol–water partition coefficient (Wildman–Crippen LogP) is 6.28. The van der Waals surface area contributed by atoms with Crippen LogP contribution in [-0.4, -0.2) is 60.4 Å². The molecule has 0 atom stereocenters. The van der Waals surface area contributed by atoms with E-state index in [0.29, 0.717) is 22.6 Å². The molecule has 17 heteroatoms. The molecule has 0 aromatic carbocycles. The number of nitro groups is 1. The zero-order valence-corrected chi connectivity index (χ0v) is 30.0. The number of rotatable bonds is 7. The van der Waals surface area contributed by atoms with Crippen LogP contribution in [0.4, 0.5) is 26.0 Å². The van der Waals surface area contributed by atoms with Crippen molar-refractivity contribution in [3.05, 3.63) is 96.8 Å². The van der Waals surface area contributed by atoms with Crippen LogP contribution in [0.15, 0.2) is 41.5 Å². The topological polar surface area (TPSA) is 193 Å². The van der Waals surface area contributed by atoms with Gasteiger partial charge in [-0.2, -0.15) is 9.97 Å². The first kappa shape index (κ1) is 37.9. The van der Waals surface area contributed by atoms with E-state index in [-0.39, 0.29) is 52.2 Å². The van der Waals surface area contributed by atoms with Crippen molar-refractivity contribution >= 4 is 39.9 Å². The standard InChI is InChI=1S/C18H17FN4O5.C18H18FN3O3/c1-8(2)12-13(9(3)5-6-20-12)22-16-10(7-11(19)17(21-16)28-4)15(24)14(18(22)25)23(26)27;1-9(2)15-16(10(3)5-6-20-15)22-14(24)8-13(23)11-7-12(19)18(25-4)21-17(11)22/h5-8,24H,1-4H3;5-7,9H,8H2,1-4H3. The van der Waals surface area contributed by atoms with Crippen LogP contribution >= 0.6 is 0 Å². The number of carbonyl (C=O) groups is 2. The molecule has 53 heavy (non-hydrogen) atoms. The van der Waals surface area contributed by atoms with Crippen LogP contribution < -0.4 is 19.9 Å². The van der Waals surface area contributed by atoms with E-state index >= 15 is 0 Å². The fourth-order valence-corrected chi connectivity index (χ4v) is 5.97. The number of hydrogen-bond donors (Lipinski definition) is 1. The molecule has 5 aromatic heterocycles. The van der Waals surface area contributed by atoms with Crippen LogP contribution in [0.3, 0.4) is 0 Å². The normalized spacial score (nSPS) is 12.6. The van der Waals surface area contributed by atoms with Gasteiger partial charge in [0, 0.05) is 12.4 Å². The van der Waals surface area contributed by atoms with Gasteiger partial charge in [-0.15, -0.1) is 0 Å². The zero-order chi connectivity index (χ0) is 39.0. The summed E-state index contributed by atoms with van der Waals surface area (Å²) in [6.45, 7) is 11.2. The number of carbonyl (C=O) groups excluding carboxylic acids is 2. The fourth-order valence-electron chi connectivity index (χ4n) is 5.97. The molecule has 0 fully saturated rings. The number of aryl methyl sites for hydroxylation is 2. The highest BCUT2D eigenvalue weighted by atomic mass is 19.1. The maximum Gasteiger partial charge on any atom is 0.376 e. The number of anilines is 2. The van der Waals surface area contributed by atoms with E-state index in [4.69, 9.17) is 9.47 Å². The Morgan fingerprint density at radius 1 is 0.868 bits per heavy atom. The highest BCUT2D eigenvalue weighted by Crippen LogP contribution is 2.40. The van der Waals surface area contributed by atoms with Gasteiger partial charge < -0.3 is 14.6 Å². The summed E-state index contributed by atoms with van der Waals surface area (Å²) >= 11 is 0. The third-order valence-corrected chi connectivity index (χ3v) is 8.44. The Hall–Kier alpha value is -6.39. The highest BCUT2D eigenvalue weighted by Gasteiger charge is 2.36. The van der Waals surface area contributed by atoms with E-state index in [1.54, 1.807) is 31.5 Å². The van der Waals surface area contributed by atoms with Gasteiger partial charge in [0.05, 0.1) is 59.3 Å². The minimum Gasteiger partial charge on any atom is -0.501 e. The van der Waals surface area contributed by atoms with Crippen LogP contribution in [0.2, 0.25) is 0 Å². The van der Waals surface area contributed by atoms with Crippen LogP contribution in [0, 0.1) is 35.6 Å². The first-order valence-corrected chi connectivity index (χ1v) is 16.2. The molecule has 1 N–H and O–H groups in total. The molecule has 0 aliphatic carbocycles. The van der Waals surface area contributed by atoms with E-state index in [9.17, 15) is 38.4 Å². The third-order valence-electron chi connectivity index (χ3n) is 8.44. The van der Waals surface area contributed by atoms with E-state index in [1.165, 1.54) is 19.1 Å². The average molecular weight is 732 g/mol. The summed E-state index contributed by atoms with van der Waals surface area (Å²) in [4.78, 5) is 66.5. The quantitative estimate of drug-likeness (QED) is 0.112. The van der Waals surface area contributed by atoms with E-state index in [1.807, 2.05) is 34.6 Å². The first-order valence-electron chi connectivity index (χ1n) is 16.2. The molecule has 1 aliphatic heterocycles. The molecule has 6 rings (SSSR count). The summed E-state index contributed by atoms with van der Waals surface area (Å²) < 4.78 is 39.0. The molecule has 0 saturated carbocycles. The van der Waals surface area contributed by atoms with Crippen LogP contribution in [0.5, 0.6) is 17.5 Å². The lowest BCUT2D eigenvalue weighted by Gasteiger charge is -2.30. The molecular formula is C36H35F2N7O8. The Morgan fingerprint density at radius 2 is 1.40 bits per heavy atom. The van der Waals surface area contributed by atoms with Gasteiger partial charge in [0.1, 0.15) is 0 Å². The van der Waals surface area contributed by atoms with E-state index in [0.717, 1.165) is 22.3 Å². The smallest absolute Gasteiger partial charge is 0.376 e. The second kappa shape index (κ2) is 14.7. The predicted molar refractivity (Wildman–Crippen MR) is 189 cm³/mol. The SMILES string of the molecule is COc1nc2c(cc1F)C(=O)CC(=O)N2c1c(C)ccnc1C(C)C.COc1nc2c(cc1F)c(O)c([N+](=O)[O-])c(=O)n2-c1c(C)ccnc1C(C)C. The number of methoxy groups -OCH3 is 2. The average Bonchev–Trinajstić information content (AvgIpc) is 3.09. The Bertz CT molecular complexity index is 2380. The Kier molecular flexibility index (Phi) is 10.5. The molecule has 0 unspecified atom stereocenters. The molecule has 5 aromatic rings. The second-order valence-electron chi connectivity index (χ2n) is 12.7. The largest absolute Gasteiger partial charge is 0.501 e. The van der Waals surface area contributed by atoms with Gasteiger partial charge in [0.2, 0.25) is 11.7 Å². The summed E-state index contributed by atoms with van der Waals surface area (Å²) in [5.74, 6) is -4.19. The number of pyridine rings is 5. The number of Topliss-reactive ketones (excluding diaryl/α,β-unsaturated/α-hetero) is 1. The van der Waals surface area contributed by atoms with Crippen molar-refractivity contribution in [2.45, 2.75) is 59.8 Å². The Morgan fingerprint density at radius 3 is 1.94 bits per heavy atom. The molecule has 1 aliphatic rings. The summed E-state index contributed by atoms with van der Waals surface area (Å²) in [7, 11) is 2.48. The van der Waals surface area contributed by atoms with Crippen molar-refractivity contribution in [1.82, 2.24) is 24.5 Å². The number of halogens is 2. The van der Waals surface area contributed by atoms with Gasteiger partial charge >= 0.3 is 11.2 Å². The summed E-state index contributed by atoms with van der Waals surface area (Å²) in [5.41, 5.74) is 1.21. The second-order valence-corrected chi connectivity index (χ2v) is 12.7. The lowest BCUT2D eigenvalue weighted by Crippen LogP contribution is -2.36. The molecule has 1 amide bonds. The molecule has 0 spiro atoms. The molecule has 276 valence electrons. The number of ether oxygens (including phenoxy) is 2. The molecular weight excluding hydrogens is 696 g/mol. The fraction of sp³-hybridized carbons (Fsp3) is 0.306. The van der Waals surface area contributed by atoms with Crippen LogP contribution in [-0.2, 0) is 4.79 Å². The van der Waals surface area contributed by atoms with Crippen LogP contribution in [0.1, 0.15) is 78.8 Å². The van der Waals surface area contributed by atoms with Crippen molar-refractivity contribution in [1.29, 1.82) is 0 Å². The van der Waals surface area contributed by atoms with Crippen molar-refractivity contribution in [3.8, 4) is 23.2 Å². The molecule has 6 heterocycles. The first-order chi connectivity index (χ1) is 25.0. The van der Waals surface area contributed by atoms with Gasteiger partial charge in [-0.1, -0.05) is 27.7 Å². The van der Waals surface area contributed by atoms with Crippen molar-refractivity contribution in [2.75, 3.05) is 19.1 Å². The summed E-state index contributed by atoms with van der Waals surface area (Å²) in [6.07, 6.45) is 2.89. The minimum atomic E-state index is -1.10. The summed E-state index contributed by atoms with van der Waals surface area (Å²) in [6, 6.07) is 5.34. The maximum absolute atomic E-state index is 14.2. The van der Waals surface area contributed by atoms with Crippen molar-refractivity contribution < 1.29 is 37.9 Å². The highest BCUT2D eigenvalue weighted by molar-refractivity contribution is 6.21. The lowest BCUT2D eigenvalue weighted by molar-refractivity contribution is -0.387. The zero-order valence-electron chi connectivity index (χ0n) is 30.0. The number of fused-ring (bicyclic) bond motifs is 2. The number of amides is 1. The van der Waals surface area contributed by atoms with Gasteiger partial charge in [-0.05, 0) is 61.1 Å². The van der Waals surface area contributed by atoms with Gasteiger partial charge in [0.25, 0.3) is 11.8 Å². The Labute approximate surface area is 301 Å². The number of hydrogen-bond acceptors (Lipinski definition) is 12. The Balaban J connectivity index is 0.000000206. The van der Waals surface area contributed by atoms with Gasteiger partial charge in [0.15, 0.2) is 28.9 Å². The number of ketones is 1. The number of aromatic nitrogens is 5. The molecule has 0 bridgehead atoms. The minimum absolute atomic E-state index is 0.0473. The lowest BCUT2D eigenvalue weighted by atomic mass is 9.98. The number of aromatic hydroxyl groups is 1. The van der Waals surface area contributed by atoms with Gasteiger partial charge in [-0.3, -0.25) is 43.9 Å². The van der Waals surface area contributed by atoms with Crippen LogP contribution in [0.25, 0.3) is 16.7 Å². The summed E-state index contributed by atoms with van der Waals surface area (Å²) in [5, 5.41) is 21.5. The maximum atomic E-state index is 14.2. The van der Waals surface area contributed by atoms with Crippen molar-refractivity contribution in [2.24, 2.45) is 0 Å². The van der Waals surface area contributed by atoms with Crippen molar-refractivity contribution in [3.63, 3.8) is 0 Å². The van der Waals surface area contributed by atoms with E-state index in [2.05, 4.69) is 19.9 Å². The molecule has 15 nitrogen and oxygen atoms in total. The van der Waals surface area contributed by atoms with E-state index < -0.39 is 51.1 Å². The van der Waals surface area contributed by atoms with Gasteiger partial charge in [-0.25, -0.2) is 8.78 Å². The third kappa shape index (κ3) is 6.72. The number of nitrogens with zero attached hydrogens (tertiary/aromatic N) is 7. The molecule has 0 saturated heterocycles.